The molecule has 0 aliphatic heterocycles. The van der Waals surface area contributed by atoms with Crippen LogP contribution < -0.4 is 5.73 Å². The summed E-state index contributed by atoms with van der Waals surface area (Å²) >= 11 is 0. The molecule has 3 heteroatoms. The van der Waals surface area contributed by atoms with E-state index in [-0.39, 0.29) is 5.54 Å². The number of hydrogen-bond acceptors (Lipinski definition) is 3. The Bertz CT molecular complexity index is 201. The van der Waals surface area contributed by atoms with Gasteiger partial charge in [-0.15, -0.1) is 0 Å². The molecule has 0 aromatic rings. The summed E-state index contributed by atoms with van der Waals surface area (Å²) in [6, 6.07) is 0. The summed E-state index contributed by atoms with van der Waals surface area (Å²) in [4.78, 5) is 2.62. The van der Waals surface area contributed by atoms with Crippen molar-refractivity contribution in [2.24, 2.45) is 5.73 Å². The van der Waals surface area contributed by atoms with E-state index in [1.54, 1.807) is 0 Å². The third-order valence-electron chi connectivity index (χ3n) is 4.55. The Balaban J connectivity index is 2.51. The zero-order chi connectivity index (χ0) is 13.3. The van der Waals surface area contributed by atoms with E-state index in [4.69, 9.17) is 10.8 Å². The van der Waals surface area contributed by atoms with Gasteiger partial charge < -0.3 is 10.8 Å². The van der Waals surface area contributed by atoms with Gasteiger partial charge in [-0.25, -0.2) is 0 Å². The molecule has 18 heavy (non-hydrogen) atoms. The molecule has 1 aliphatic rings. The number of nitrogens with zero attached hydrogens (tertiary/aromatic N) is 1. The van der Waals surface area contributed by atoms with Crippen molar-refractivity contribution in [3.05, 3.63) is 0 Å². The molecule has 0 spiro atoms. The molecule has 0 amide bonds. The summed E-state index contributed by atoms with van der Waals surface area (Å²) in [5, 5.41) is 8.84. The van der Waals surface area contributed by atoms with Crippen molar-refractivity contribution < 1.29 is 5.11 Å². The van der Waals surface area contributed by atoms with E-state index in [1.807, 2.05) is 0 Å². The summed E-state index contributed by atoms with van der Waals surface area (Å²) in [6.07, 6.45) is 11.2. The summed E-state index contributed by atoms with van der Waals surface area (Å²) in [7, 11) is 0. The predicted molar refractivity (Wildman–Crippen MR) is 77.7 cm³/mol. The fourth-order valence-corrected chi connectivity index (χ4v) is 3.36. The van der Waals surface area contributed by atoms with Gasteiger partial charge in [-0.3, -0.25) is 4.90 Å². The van der Waals surface area contributed by atoms with Gasteiger partial charge in [0.25, 0.3) is 0 Å². The molecule has 0 heterocycles. The Hall–Kier alpha value is -0.120. The second-order valence-electron chi connectivity index (χ2n) is 5.71. The van der Waals surface area contributed by atoms with Gasteiger partial charge in [0, 0.05) is 18.7 Å². The Morgan fingerprint density at radius 1 is 1.06 bits per heavy atom. The number of likely N-dealkylation sites (N-methyl/N-ethyl adjacent to an activating group) is 1. The average molecular weight is 256 g/mol. The van der Waals surface area contributed by atoms with Crippen LogP contribution in [0.15, 0.2) is 0 Å². The molecule has 0 bridgehead atoms. The molecule has 1 rings (SSSR count). The van der Waals surface area contributed by atoms with E-state index in [1.165, 1.54) is 44.9 Å². The number of aliphatic hydroxyl groups excluding tert-OH is 1. The Morgan fingerprint density at radius 3 is 2.22 bits per heavy atom. The van der Waals surface area contributed by atoms with Crippen molar-refractivity contribution >= 4 is 0 Å². The van der Waals surface area contributed by atoms with E-state index in [0.29, 0.717) is 6.61 Å². The first-order valence-electron chi connectivity index (χ1n) is 7.85. The first kappa shape index (κ1) is 15.9. The normalized spacial score (nSPS) is 20.0. The highest BCUT2D eigenvalue weighted by Gasteiger charge is 2.34. The Kier molecular flexibility index (Phi) is 7.87. The number of nitrogens with two attached hydrogens (primary N) is 1. The van der Waals surface area contributed by atoms with Crippen LogP contribution in [0.2, 0.25) is 0 Å². The van der Waals surface area contributed by atoms with Gasteiger partial charge in [0.2, 0.25) is 0 Å². The van der Waals surface area contributed by atoms with Crippen LogP contribution >= 0.6 is 0 Å². The minimum atomic E-state index is 0.268. The highest BCUT2D eigenvalue weighted by molar-refractivity contribution is 4.92. The van der Waals surface area contributed by atoms with Crippen molar-refractivity contribution in [2.45, 2.75) is 70.3 Å². The largest absolute Gasteiger partial charge is 0.396 e. The van der Waals surface area contributed by atoms with Crippen molar-refractivity contribution in [1.29, 1.82) is 0 Å². The van der Waals surface area contributed by atoms with Crippen LogP contribution in [0.1, 0.15) is 64.7 Å². The van der Waals surface area contributed by atoms with Crippen molar-refractivity contribution in [3.8, 4) is 0 Å². The van der Waals surface area contributed by atoms with Crippen LogP contribution in [0.5, 0.6) is 0 Å². The third kappa shape index (κ3) is 4.52. The highest BCUT2D eigenvalue weighted by Crippen LogP contribution is 2.32. The second kappa shape index (κ2) is 8.89. The monoisotopic (exact) mass is 256 g/mol. The lowest BCUT2D eigenvalue weighted by Crippen LogP contribution is -2.53. The van der Waals surface area contributed by atoms with Gasteiger partial charge in [0.1, 0.15) is 0 Å². The maximum Gasteiger partial charge on any atom is 0.0431 e. The molecule has 1 fully saturated rings. The lowest BCUT2D eigenvalue weighted by Gasteiger charge is -2.43. The topological polar surface area (TPSA) is 49.5 Å². The predicted octanol–water partition coefficient (Wildman–Crippen LogP) is 2.52. The molecular formula is C15H32N2O. The van der Waals surface area contributed by atoms with Crippen LogP contribution in [0.25, 0.3) is 0 Å². The lowest BCUT2D eigenvalue weighted by molar-refractivity contribution is 0.0809. The maximum absolute atomic E-state index is 8.84. The van der Waals surface area contributed by atoms with E-state index in [9.17, 15) is 0 Å². The minimum Gasteiger partial charge on any atom is -0.396 e. The summed E-state index contributed by atoms with van der Waals surface area (Å²) in [5.41, 5.74) is 6.40. The zero-order valence-electron chi connectivity index (χ0n) is 12.2. The van der Waals surface area contributed by atoms with Gasteiger partial charge >= 0.3 is 0 Å². The minimum absolute atomic E-state index is 0.268. The number of rotatable bonds is 8. The Morgan fingerprint density at radius 2 is 1.72 bits per heavy atom. The lowest BCUT2D eigenvalue weighted by atomic mass is 9.87. The first-order chi connectivity index (χ1) is 8.79. The quantitative estimate of drug-likeness (QED) is 0.518. The maximum atomic E-state index is 8.84. The molecule has 1 saturated carbocycles. The number of aliphatic hydroxyl groups is 1. The van der Waals surface area contributed by atoms with E-state index in [2.05, 4.69) is 11.8 Å². The van der Waals surface area contributed by atoms with E-state index in [0.717, 1.165) is 32.5 Å². The smallest absolute Gasteiger partial charge is 0.0431 e. The molecule has 0 aromatic carbocycles. The van der Waals surface area contributed by atoms with Crippen LogP contribution in [0.4, 0.5) is 0 Å². The Labute approximate surface area is 113 Å². The van der Waals surface area contributed by atoms with Crippen LogP contribution in [-0.2, 0) is 0 Å². The van der Waals surface area contributed by atoms with Gasteiger partial charge in [-0.1, -0.05) is 32.6 Å². The molecule has 1 aliphatic carbocycles. The van der Waals surface area contributed by atoms with Crippen LogP contribution in [0, 0.1) is 0 Å². The highest BCUT2D eigenvalue weighted by atomic mass is 16.2. The number of unbranched alkanes of at least 4 members (excludes halogenated alkanes) is 2. The molecule has 0 unspecified atom stereocenters. The molecule has 0 atom stereocenters. The van der Waals surface area contributed by atoms with Crippen molar-refractivity contribution in [3.63, 3.8) is 0 Å². The molecular weight excluding hydrogens is 224 g/mol. The SMILES string of the molecule is CCN(CCCCCO)C1(CN)CCCCCC1. The average Bonchev–Trinajstić information content (AvgIpc) is 2.65. The molecule has 3 N–H and O–H groups in total. The van der Waals surface area contributed by atoms with Crippen molar-refractivity contribution in [1.82, 2.24) is 4.90 Å². The van der Waals surface area contributed by atoms with Crippen molar-refractivity contribution in [2.75, 3.05) is 26.2 Å². The molecule has 0 aromatic heterocycles. The summed E-state index contributed by atoms with van der Waals surface area (Å²) < 4.78 is 0. The summed E-state index contributed by atoms with van der Waals surface area (Å²) in [6.45, 7) is 5.65. The van der Waals surface area contributed by atoms with Crippen LogP contribution in [-0.4, -0.2) is 41.8 Å². The second-order valence-corrected chi connectivity index (χ2v) is 5.71. The fraction of sp³-hybridized carbons (Fsp3) is 1.00. The third-order valence-corrected chi connectivity index (χ3v) is 4.55. The first-order valence-corrected chi connectivity index (χ1v) is 7.85. The molecule has 0 radical (unpaired) electrons. The van der Waals surface area contributed by atoms with Gasteiger partial charge in [0.15, 0.2) is 0 Å². The van der Waals surface area contributed by atoms with Gasteiger partial charge in [-0.05, 0) is 45.2 Å². The van der Waals surface area contributed by atoms with E-state index < -0.39 is 0 Å². The van der Waals surface area contributed by atoms with Crippen LogP contribution in [0.3, 0.4) is 0 Å². The fourth-order valence-electron chi connectivity index (χ4n) is 3.36. The van der Waals surface area contributed by atoms with Gasteiger partial charge in [0.05, 0.1) is 0 Å². The zero-order valence-corrected chi connectivity index (χ0v) is 12.2. The van der Waals surface area contributed by atoms with E-state index >= 15 is 0 Å². The summed E-state index contributed by atoms with van der Waals surface area (Å²) in [5.74, 6) is 0. The van der Waals surface area contributed by atoms with Gasteiger partial charge in [-0.2, -0.15) is 0 Å². The molecule has 108 valence electrons. The molecule has 3 nitrogen and oxygen atoms in total. The number of hydrogen-bond donors (Lipinski definition) is 2. The standard InChI is InChI=1S/C15H32N2O/c1-2-17(12-8-5-9-13-18)15(14-16)10-6-3-4-7-11-15/h18H,2-14,16H2,1H3. The molecule has 0 saturated heterocycles.